The summed E-state index contributed by atoms with van der Waals surface area (Å²) in [5, 5.41) is 13.2. The summed E-state index contributed by atoms with van der Waals surface area (Å²) in [6.45, 7) is 6.26. The number of nitrogens with zero attached hydrogens (tertiary/aromatic N) is 4. The summed E-state index contributed by atoms with van der Waals surface area (Å²) in [6, 6.07) is 7.90. The molecule has 0 saturated carbocycles. The summed E-state index contributed by atoms with van der Waals surface area (Å²) in [4.78, 5) is 19.0. The molecule has 4 rings (SSSR count). The fourth-order valence-corrected chi connectivity index (χ4v) is 4.61. The molecule has 3 heterocycles. The van der Waals surface area contributed by atoms with Gasteiger partial charge in [-0.25, -0.2) is 4.98 Å². The van der Waals surface area contributed by atoms with E-state index in [2.05, 4.69) is 47.3 Å². The molecule has 0 bridgehead atoms. The minimum atomic E-state index is -0.0680. The number of thiophene rings is 1. The highest BCUT2D eigenvalue weighted by Crippen LogP contribution is 2.32. The van der Waals surface area contributed by atoms with Gasteiger partial charge in [0.25, 0.3) is 0 Å². The van der Waals surface area contributed by atoms with Crippen molar-refractivity contribution >= 4 is 50.6 Å². The van der Waals surface area contributed by atoms with E-state index in [9.17, 15) is 4.79 Å². The Morgan fingerprint density at radius 2 is 2.15 bits per heavy atom. The van der Waals surface area contributed by atoms with Gasteiger partial charge in [0.05, 0.1) is 11.1 Å². The van der Waals surface area contributed by atoms with Crippen molar-refractivity contribution in [2.45, 2.75) is 32.3 Å². The molecule has 0 saturated heterocycles. The van der Waals surface area contributed by atoms with Crippen molar-refractivity contribution in [3.63, 3.8) is 0 Å². The molecule has 6 nitrogen and oxygen atoms in total. The van der Waals surface area contributed by atoms with Crippen molar-refractivity contribution in [1.82, 2.24) is 19.6 Å². The molecule has 0 radical (unpaired) electrons. The summed E-state index contributed by atoms with van der Waals surface area (Å²) in [7, 11) is 0. The molecular formula is C19H19N5OS2. The lowest BCUT2D eigenvalue weighted by molar-refractivity contribution is -0.113. The quantitative estimate of drug-likeness (QED) is 0.510. The summed E-state index contributed by atoms with van der Waals surface area (Å²) >= 11 is 3.02. The molecule has 0 unspecified atom stereocenters. The van der Waals surface area contributed by atoms with Gasteiger partial charge in [0.2, 0.25) is 5.91 Å². The van der Waals surface area contributed by atoms with Crippen LogP contribution in [0.3, 0.4) is 0 Å². The normalized spacial score (nSPS) is 11.4. The molecule has 0 aliphatic heterocycles. The Kier molecular flexibility index (Phi) is 4.84. The number of thioether (sulfide) groups is 1. The number of carbonyl (C=O) groups excluding carboxylic acids is 1. The number of carbonyl (C=O) groups is 1. The number of rotatable bonds is 5. The molecule has 0 aliphatic rings. The second-order valence-electron chi connectivity index (χ2n) is 6.27. The van der Waals surface area contributed by atoms with Crippen LogP contribution in [0.2, 0.25) is 0 Å². The molecule has 1 aromatic carbocycles. The van der Waals surface area contributed by atoms with Gasteiger partial charge in [0.15, 0.2) is 10.8 Å². The number of benzene rings is 1. The Morgan fingerprint density at radius 3 is 2.96 bits per heavy atom. The van der Waals surface area contributed by atoms with Crippen molar-refractivity contribution in [3.8, 4) is 0 Å². The fourth-order valence-electron chi connectivity index (χ4n) is 2.92. The van der Waals surface area contributed by atoms with E-state index < -0.39 is 0 Å². The van der Waals surface area contributed by atoms with Crippen LogP contribution >= 0.6 is 23.1 Å². The van der Waals surface area contributed by atoms with E-state index >= 15 is 0 Å². The largest absolute Gasteiger partial charge is 0.325 e. The minimum absolute atomic E-state index is 0.0680. The van der Waals surface area contributed by atoms with Gasteiger partial charge in [-0.15, -0.1) is 21.5 Å². The van der Waals surface area contributed by atoms with Crippen LogP contribution in [0.4, 0.5) is 5.69 Å². The molecule has 4 aromatic rings. The monoisotopic (exact) mass is 397 g/mol. The third-order valence-electron chi connectivity index (χ3n) is 4.50. The van der Waals surface area contributed by atoms with E-state index in [4.69, 9.17) is 0 Å². The van der Waals surface area contributed by atoms with Gasteiger partial charge < -0.3 is 5.32 Å². The first-order chi connectivity index (χ1) is 13.1. The summed E-state index contributed by atoms with van der Waals surface area (Å²) in [6.07, 6.45) is 2.67. The smallest absolute Gasteiger partial charge is 0.234 e. The van der Waals surface area contributed by atoms with Crippen LogP contribution < -0.4 is 5.32 Å². The predicted octanol–water partition coefficient (Wildman–Crippen LogP) is 4.25. The van der Waals surface area contributed by atoms with Crippen LogP contribution in [-0.2, 0) is 11.2 Å². The topological polar surface area (TPSA) is 72.2 Å². The standard InChI is InChI=1S/C19H19N5OS2/c1-4-13-6-5-7-14(8-13)21-15(25)9-26-19-23-22-17-16-11(2)12(3)27-18(16)20-10-24(17)19/h5-8,10H,4,9H2,1-3H3,(H,21,25). The molecule has 0 atom stereocenters. The predicted molar refractivity (Wildman–Crippen MR) is 111 cm³/mol. The second-order valence-corrected chi connectivity index (χ2v) is 8.42. The van der Waals surface area contributed by atoms with Gasteiger partial charge >= 0.3 is 0 Å². The number of anilines is 1. The summed E-state index contributed by atoms with van der Waals surface area (Å²) in [5.41, 5.74) is 3.99. The number of amides is 1. The van der Waals surface area contributed by atoms with Gasteiger partial charge in [0, 0.05) is 10.6 Å². The lowest BCUT2D eigenvalue weighted by atomic mass is 10.1. The minimum Gasteiger partial charge on any atom is -0.325 e. The zero-order valence-corrected chi connectivity index (χ0v) is 16.9. The number of aromatic nitrogens is 4. The zero-order valence-electron chi connectivity index (χ0n) is 15.3. The van der Waals surface area contributed by atoms with Crippen LogP contribution in [0.15, 0.2) is 35.7 Å². The van der Waals surface area contributed by atoms with Crippen LogP contribution in [0.25, 0.3) is 15.9 Å². The Balaban J connectivity index is 1.52. The molecule has 0 fully saturated rings. The van der Waals surface area contributed by atoms with Gasteiger partial charge in [0.1, 0.15) is 11.2 Å². The Bertz CT molecular complexity index is 1150. The van der Waals surface area contributed by atoms with Gasteiger partial charge in [-0.3, -0.25) is 9.20 Å². The van der Waals surface area contributed by atoms with Crippen molar-refractivity contribution in [3.05, 3.63) is 46.6 Å². The third-order valence-corrected chi connectivity index (χ3v) is 6.56. The highest BCUT2D eigenvalue weighted by atomic mass is 32.2. The summed E-state index contributed by atoms with van der Waals surface area (Å²) in [5.74, 6) is 0.193. The van der Waals surface area contributed by atoms with E-state index in [1.165, 1.54) is 27.8 Å². The van der Waals surface area contributed by atoms with E-state index in [0.29, 0.717) is 5.16 Å². The molecule has 3 aromatic heterocycles. The number of nitrogens with one attached hydrogen (secondary N) is 1. The van der Waals surface area contributed by atoms with Crippen molar-refractivity contribution in [2.24, 2.45) is 0 Å². The Morgan fingerprint density at radius 1 is 1.30 bits per heavy atom. The Hall–Kier alpha value is -2.45. The molecule has 27 heavy (non-hydrogen) atoms. The molecule has 138 valence electrons. The molecule has 0 spiro atoms. The van der Waals surface area contributed by atoms with E-state index in [-0.39, 0.29) is 11.7 Å². The molecule has 8 heteroatoms. The fraction of sp³-hybridized carbons (Fsp3) is 0.263. The van der Waals surface area contributed by atoms with Gasteiger partial charge in [-0.2, -0.15) is 0 Å². The van der Waals surface area contributed by atoms with Crippen molar-refractivity contribution in [1.29, 1.82) is 0 Å². The molecular weight excluding hydrogens is 378 g/mol. The Labute approximate surface area is 165 Å². The number of fused-ring (bicyclic) bond motifs is 3. The lowest BCUT2D eigenvalue weighted by Crippen LogP contribution is -2.14. The maximum atomic E-state index is 12.3. The lowest BCUT2D eigenvalue weighted by Gasteiger charge is -2.06. The van der Waals surface area contributed by atoms with Crippen LogP contribution in [0.1, 0.15) is 22.9 Å². The number of hydrogen-bond donors (Lipinski definition) is 1. The van der Waals surface area contributed by atoms with E-state index in [0.717, 1.165) is 28.0 Å². The molecule has 1 N–H and O–H groups in total. The van der Waals surface area contributed by atoms with Gasteiger partial charge in [-0.1, -0.05) is 30.8 Å². The first-order valence-electron chi connectivity index (χ1n) is 8.68. The van der Waals surface area contributed by atoms with E-state index in [1.54, 1.807) is 17.7 Å². The number of hydrogen-bond acceptors (Lipinski definition) is 6. The highest BCUT2D eigenvalue weighted by Gasteiger charge is 2.16. The first kappa shape index (κ1) is 17.9. The van der Waals surface area contributed by atoms with Crippen molar-refractivity contribution in [2.75, 3.05) is 11.1 Å². The average Bonchev–Trinajstić information content (AvgIpc) is 3.21. The molecule has 0 aliphatic carbocycles. The highest BCUT2D eigenvalue weighted by molar-refractivity contribution is 7.99. The van der Waals surface area contributed by atoms with Crippen LogP contribution in [-0.4, -0.2) is 31.2 Å². The maximum Gasteiger partial charge on any atom is 0.234 e. The maximum absolute atomic E-state index is 12.3. The van der Waals surface area contributed by atoms with Crippen LogP contribution in [0.5, 0.6) is 0 Å². The molecule has 1 amide bonds. The first-order valence-corrected chi connectivity index (χ1v) is 10.5. The van der Waals surface area contributed by atoms with E-state index in [1.807, 2.05) is 22.6 Å². The summed E-state index contributed by atoms with van der Waals surface area (Å²) < 4.78 is 1.86. The van der Waals surface area contributed by atoms with Crippen LogP contribution in [0, 0.1) is 13.8 Å². The SMILES string of the molecule is CCc1cccc(NC(=O)CSc2nnc3c4c(C)c(C)sc4ncn23)c1. The van der Waals surface area contributed by atoms with Gasteiger partial charge in [-0.05, 0) is 43.5 Å². The van der Waals surface area contributed by atoms with Crippen molar-refractivity contribution < 1.29 is 4.79 Å². The second kappa shape index (κ2) is 7.28. The third kappa shape index (κ3) is 3.42. The number of aryl methyl sites for hydroxylation is 3. The average molecular weight is 398 g/mol. The zero-order chi connectivity index (χ0) is 19.0.